The molecule has 8 nitrogen and oxygen atoms in total. The highest BCUT2D eigenvalue weighted by Crippen LogP contribution is 2.20. The van der Waals surface area contributed by atoms with Crippen LogP contribution in [0.15, 0.2) is 54.6 Å². The minimum Gasteiger partial charge on any atom is -0.481 e. The molecule has 2 aromatic carbocycles. The van der Waals surface area contributed by atoms with E-state index in [1.54, 1.807) is 34.8 Å². The van der Waals surface area contributed by atoms with Gasteiger partial charge >= 0.3 is 5.97 Å². The maximum Gasteiger partial charge on any atom is 0.305 e. The van der Waals surface area contributed by atoms with Gasteiger partial charge in [-0.2, -0.15) is 5.26 Å². The van der Waals surface area contributed by atoms with E-state index in [0.717, 1.165) is 11.0 Å². The van der Waals surface area contributed by atoms with E-state index < -0.39 is 17.9 Å². The summed E-state index contributed by atoms with van der Waals surface area (Å²) in [7, 11) is 0. The van der Waals surface area contributed by atoms with Gasteiger partial charge in [0.25, 0.3) is 5.91 Å². The summed E-state index contributed by atoms with van der Waals surface area (Å²) in [5.74, 6) is -1.51. The lowest BCUT2D eigenvalue weighted by molar-refractivity contribution is -0.137. The molecule has 0 saturated heterocycles. The van der Waals surface area contributed by atoms with E-state index in [0.29, 0.717) is 16.8 Å². The number of H-pyrrole nitrogens is 1. The predicted molar refractivity (Wildman–Crippen MR) is 101 cm³/mol. The van der Waals surface area contributed by atoms with Crippen molar-refractivity contribution in [3.8, 4) is 6.07 Å². The van der Waals surface area contributed by atoms with Gasteiger partial charge in [0.05, 0.1) is 35.1 Å². The average Bonchev–Trinajstić information content (AvgIpc) is 3.25. The number of carbonyl (C=O) groups excluding carboxylic acids is 1. The first-order chi connectivity index (χ1) is 13.5. The molecule has 2 aromatic heterocycles. The highest BCUT2D eigenvalue weighted by molar-refractivity contribution is 5.95. The summed E-state index contributed by atoms with van der Waals surface area (Å²) in [5, 5.41) is 24.0. The van der Waals surface area contributed by atoms with Crippen LogP contribution in [-0.4, -0.2) is 31.6 Å². The second-order valence-corrected chi connectivity index (χ2v) is 6.33. The van der Waals surface area contributed by atoms with Crippen LogP contribution in [0.4, 0.5) is 0 Å². The molecule has 0 aliphatic rings. The number of fused-ring (bicyclic) bond motifs is 3. The number of aromatic nitrogens is 3. The summed E-state index contributed by atoms with van der Waals surface area (Å²) in [6.07, 6.45) is -0.304. The van der Waals surface area contributed by atoms with Crippen LogP contribution in [0.25, 0.3) is 16.7 Å². The van der Waals surface area contributed by atoms with Crippen LogP contribution in [0.2, 0.25) is 0 Å². The van der Waals surface area contributed by atoms with Gasteiger partial charge < -0.3 is 10.4 Å². The Balaban J connectivity index is 1.64. The summed E-state index contributed by atoms with van der Waals surface area (Å²) in [6, 6.07) is 16.9. The lowest BCUT2D eigenvalue weighted by Crippen LogP contribution is -2.30. The molecule has 138 valence electrons. The SMILES string of the molecule is N#Cc1cccc([C@H](CC(=O)O)NC(=O)c2cc3nc4ccccc4n3[nH]2)c1. The molecule has 0 saturated carbocycles. The number of benzene rings is 2. The van der Waals surface area contributed by atoms with Crippen molar-refractivity contribution in [2.75, 3.05) is 0 Å². The molecule has 0 spiro atoms. The lowest BCUT2D eigenvalue weighted by Gasteiger charge is -2.17. The molecule has 1 amide bonds. The summed E-state index contributed by atoms with van der Waals surface area (Å²) in [5.41, 5.74) is 3.44. The van der Waals surface area contributed by atoms with Crippen molar-refractivity contribution in [2.45, 2.75) is 12.5 Å². The van der Waals surface area contributed by atoms with E-state index in [-0.39, 0.29) is 12.1 Å². The third kappa shape index (κ3) is 3.17. The number of carboxylic acid groups (broad SMARTS) is 1. The molecule has 0 radical (unpaired) electrons. The number of para-hydroxylation sites is 2. The second kappa shape index (κ2) is 6.89. The fourth-order valence-corrected chi connectivity index (χ4v) is 3.14. The molecule has 0 bridgehead atoms. The smallest absolute Gasteiger partial charge is 0.305 e. The van der Waals surface area contributed by atoms with Crippen molar-refractivity contribution in [2.24, 2.45) is 0 Å². The molecule has 0 unspecified atom stereocenters. The third-order valence-electron chi connectivity index (χ3n) is 4.44. The predicted octanol–water partition coefficient (Wildman–Crippen LogP) is 2.63. The van der Waals surface area contributed by atoms with Crippen LogP contribution in [-0.2, 0) is 4.79 Å². The fourth-order valence-electron chi connectivity index (χ4n) is 3.14. The molecule has 28 heavy (non-hydrogen) atoms. The lowest BCUT2D eigenvalue weighted by atomic mass is 10.0. The van der Waals surface area contributed by atoms with Gasteiger partial charge in [0, 0.05) is 6.07 Å². The fraction of sp³-hybridized carbons (Fsp3) is 0.100. The Bertz CT molecular complexity index is 1250. The Kier molecular flexibility index (Phi) is 4.26. The maximum atomic E-state index is 12.7. The van der Waals surface area contributed by atoms with Crippen LogP contribution in [0.3, 0.4) is 0 Å². The minimum atomic E-state index is -1.06. The molecule has 3 N–H and O–H groups in total. The quantitative estimate of drug-likeness (QED) is 0.496. The first kappa shape index (κ1) is 17.3. The van der Waals surface area contributed by atoms with E-state index in [2.05, 4.69) is 15.4 Å². The van der Waals surface area contributed by atoms with Gasteiger partial charge in [0.1, 0.15) is 5.69 Å². The number of hydrogen-bond donors (Lipinski definition) is 3. The van der Waals surface area contributed by atoms with Crippen molar-refractivity contribution in [3.05, 3.63) is 71.4 Å². The van der Waals surface area contributed by atoms with Gasteiger partial charge in [0.15, 0.2) is 5.65 Å². The normalized spacial score (nSPS) is 12.0. The molecule has 1 atom stereocenters. The van der Waals surface area contributed by atoms with Gasteiger partial charge in [0.2, 0.25) is 0 Å². The first-order valence-corrected chi connectivity index (χ1v) is 8.54. The Morgan fingerprint density at radius 3 is 2.82 bits per heavy atom. The Morgan fingerprint density at radius 2 is 2.04 bits per heavy atom. The minimum absolute atomic E-state index is 0.264. The van der Waals surface area contributed by atoms with Crippen LogP contribution in [0.1, 0.15) is 34.1 Å². The molecule has 4 aromatic rings. The van der Waals surface area contributed by atoms with Gasteiger partial charge in [-0.1, -0.05) is 24.3 Å². The number of hydrogen-bond acceptors (Lipinski definition) is 4. The van der Waals surface area contributed by atoms with E-state index in [9.17, 15) is 14.7 Å². The van der Waals surface area contributed by atoms with Crippen molar-refractivity contribution in [3.63, 3.8) is 0 Å². The number of carboxylic acids is 1. The first-order valence-electron chi connectivity index (χ1n) is 8.54. The Labute approximate surface area is 159 Å². The van der Waals surface area contributed by atoms with Crippen molar-refractivity contribution in [1.82, 2.24) is 19.9 Å². The summed E-state index contributed by atoms with van der Waals surface area (Å²) in [6.45, 7) is 0. The Morgan fingerprint density at radius 1 is 1.21 bits per heavy atom. The van der Waals surface area contributed by atoms with Crippen LogP contribution in [0, 0.1) is 11.3 Å². The van der Waals surface area contributed by atoms with E-state index in [1.165, 1.54) is 0 Å². The summed E-state index contributed by atoms with van der Waals surface area (Å²) >= 11 is 0. The van der Waals surface area contributed by atoms with E-state index in [4.69, 9.17) is 5.26 Å². The van der Waals surface area contributed by atoms with Gasteiger partial charge in [-0.05, 0) is 29.8 Å². The Hall–Kier alpha value is -4.12. The monoisotopic (exact) mass is 373 g/mol. The van der Waals surface area contributed by atoms with E-state index >= 15 is 0 Å². The molecule has 0 aliphatic carbocycles. The molecule has 2 heterocycles. The zero-order chi connectivity index (χ0) is 19.7. The summed E-state index contributed by atoms with van der Waals surface area (Å²) in [4.78, 5) is 28.4. The van der Waals surface area contributed by atoms with Crippen molar-refractivity contribution >= 4 is 28.6 Å². The van der Waals surface area contributed by atoms with Crippen LogP contribution >= 0.6 is 0 Å². The number of nitrogens with one attached hydrogen (secondary N) is 2. The van der Waals surface area contributed by atoms with E-state index in [1.807, 2.05) is 30.3 Å². The summed E-state index contributed by atoms with van der Waals surface area (Å²) < 4.78 is 1.70. The van der Waals surface area contributed by atoms with Gasteiger partial charge in [-0.3, -0.25) is 14.7 Å². The molecular formula is C20H15N5O3. The molecule has 0 fully saturated rings. The topological polar surface area (TPSA) is 123 Å². The number of rotatable bonds is 5. The number of nitriles is 1. The highest BCUT2D eigenvalue weighted by atomic mass is 16.4. The maximum absolute atomic E-state index is 12.7. The number of amides is 1. The number of aromatic amines is 1. The number of nitrogens with zero attached hydrogens (tertiary/aromatic N) is 3. The standard InChI is InChI=1S/C20H15N5O3/c21-11-12-4-3-5-13(8-12)15(10-19(26)27)23-20(28)16-9-18-22-14-6-1-2-7-17(14)25(18)24-16/h1-9,15,24H,10H2,(H,23,28)(H,26,27)/t15-/m0/s1. The largest absolute Gasteiger partial charge is 0.481 e. The molecule has 8 heteroatoms. The number of imidazole rings is 1. The molecular weight excluding hydrogens is 358 g/mol. The van der Waals surface area contributed by atoms with Crippen LogP contribution < -0.4 is 5.32 Å². The average molecular weight is 373 g/mol. The van der Waals surface area contributed by atoms with Gasteiger partial charge in [-0.15, -0.1) is 0 Å². The molecule has 4 rings (SSSR count). The molecule has 0 aliphatic heterocycles. The second-order valence-electron chi connectivity index (χ2n) is 6.33. The third-order valence-corrected chi connectivity index (χ3v) is 4.44. The zero-order valence-electron chi connectivity index (χ0n) is 14.6. The van der Waals surface area contributed by atoms with Gasteiger partial charge in [-0.25, -0.2) is 9.50 Å². The van der Waals surface area contributed by atoms with Crippen molar-refractivity contribution < 1.29 is 14.7 Å². The number of carbonyl (C=O) groups is 2. The van der Waals surface area contributed by atoms with Crippen LogP contribution in [0.5, 0.6) is 0 Å². The highest BCUT2D eigenvalue weighted by Gasteiger charge is 2.21. The number of aliphatic carboxylic acids is 1. The zero-order valence-corrected chi connectivity index (χ0v) is 14.6. The van der Waals surface area contributed by atoms with Crippen molar-refractivity contribution in [1.29, 1.82) is 5.26 Å².